The van der Waals surface area contributed by atoms with Gasteiger partial charge in [-0.3, -0.25) is 0 Å². The van der Waals surface area contributed by atoms with Crippen molar-refractivity contribution in [1.29, 1.82) is 0 Å². The largest absolute Gasteiger partial charge is 0.493 e. The molecule has 2 N–H and O–H groups in total. The summed E-state index contributed by atoms with van der Waals surface area (Å²) in [5.74, 6) is -2.27. The second kappa shape index (κ2) is 8.33. The molecule has 25 heavy (non-hydrogen) atoms. The van der Waals surface area contributed by atoms with Crippen LogP contribution in [0.25, 0.3) is 0 Å². The number of alkyl halides is 2. The van der Waals surface area contributed by atoms with Crippen molar-refractivity contribution in [1.82, 2.24) is 4.90 Å². The van der Waals surface area contributed by atoms with E-state index < -0.39 is 11.9 Å². The lowest BCUT2D eigenvalue weighted by molar-refractivity contribution is -0.0554. The van der Waals surface area contributed by atoms with Crippen molar-refractivity contribution >= 4 is 11.7 Å². The van der Waals surface area contributed by atoms with Crippen LogP contribution in [0, 0.1) is 0 Å². The first-order chi connectivity index (χ1) is 11.9. The Hall–Kier alpha value is -2.09. The van der Waals surface area contributed by atoms with Crippen LogP contribution in [0.4, 0.5) is 14.5 Å². The molecule has 1 aromatic rings. The molecule has 0 unspecified atom stereocenters. The number of hydrogen-bond donors (Lipinski definition) is 1. The summed E-state index contributed by atoms with van der Waals surface area (Å²) in [6.07, 6.45) is 0.508. The number of hydrogen-bond acceptors (Lipinski definition) is 6. The Morgan fingerprint density at radius 3 is 2.52 bits per heavy atom. The van der Waals surface area contributed by atoms with Crippen LogP contribution in [0.5, 0.6) is 11.5 Å². The molecule has 0 saturated carbocycles. The number of nitrogens with two attached hydrogens (primary N) is 1. The number of nitrogen functional groups attached to an aromatic ring is 1. The highest BCUT2D eigenvalue weighted by atomic mass is 19.3. The molecule has 8 heteroatoms. The van der Waals surface area contributed by atoms with Crippen molar-refractivity contribution in [2.75, 3.05) is 46.2 Å². The molecule has 1 fully saturated rings. The minimum atomic E-state index is -2.53. The van der Waals surface area contributed by atoms with Crippen LogP contribution in [-0.2, 0) is 4.74 Å². The number of halogens is 2. The lowest BCUT2D eigenvalue weighted by atomic mass is 10.1. The molecule has 0 amide bonds. The summed E-state index contributed by atoms with van der Waals surface area (Å²) in [6.45, 7) is 1.88. The highest BCUT2D eigenvalue weighted by Gasteiger charge is 2.33. The third kappa shape index (κ3) is 5.19. The molecule has 0 atom stereocenters. The average Bonchev–Trinajstić information content (AvgIpc) is 2.59. The Balaban J connectivity index is 1.86. The summed E-state index contributed by atoms with van der Waals surface area (Å²) in [5.41, 5.74) is 6.30. The van der Waals surface area contributed by atoms with Crippen LogP contribution in [0.15, 0.2) is 12.1 Å². The number of piperidine rings is 1. The fourth-order valence-electron chi connectivity index (χ4n) is 2.71. The van der Waals surface area contributed by atoms with Gasteiger partial charge in [0.05, 0.1) is 32.1 Å². The van der Waals surface area contributed by atoms with E-state index in [-0.39, 0.29) is 24.1 Å². The van der Waals surface area contributed by atoms with E-state index in [2.05, 4.69) is 4.74 Å². The first-order valence-corrected chi connectivity index (χ1v) is 8.15. The second-order valence-corrected chi connectivity index (χ2v) is 5.98. The van der Waals surface area contributed by atoms with Gasteiger partial charge >= 0.3 is 5.97 Å². The second-order valence-electron chi connectivity index (χ2n) is 5.98. The van der Waals surface area contributed by atoms with Gasteiger partial charge < -0.3 is 24.8 Å². The van der Waals surface area contributed by atoms with Crippen LogP contribution < -0.4 is 15.2 Å². The van der Waals surface area contributed by atoms with E-state index in [0.29, 0.717) is 44.2 Å². The number of carbonyl (C=O) groups is 1. The topological polar surface area (TPSA) is 74.0 Å². The molecule has 1 aliphatic rings. The average molecular weight is 358 g/mol. The molecule has 1 heterocycles. The van der Waals surface area contributed by atoms with E-state index in [1.807, 2.05) is 4.90 Å². The fraction of sp³-hybridized carbons (Fsp3) is 0.588. The van der Waals surface area contributed by atoms with E-state index in [4.69, 9.17) is 15.2 Å². The zero-order valence-electron chi connectivity index (χ0n) is 14.5. The Labute approximate surface area is 145 Å². The molecule has 0 aliphatic carbocycles. The molecule has 0 spiro atoms. The van der Waals surface area contributed by atoms with Crippen LogP contribution in [0.2, 0.25) is 0 Å². The molecular formula is C17H24F2N2O4. The third-order valence-electron chi connectivity index (χ3n) is 4.20. The Morgan fingerprint density at radius 1 is 1.24 bits per heavy atom. The van der Waals surface area contributed by atoms with Gasteiger partial charge in [-0.1, -0.05) is 0 Å². The van der Waals surface area contributed by atoms with Gasteiger partial charge in [0, 0.05) is 44.6 Å². The van der Waals surface area contributed by atoms with E-state index in [1.165, 1.54) is 26.4 Å². The van der Waals surface area contributed by atoms with Crippen molar-refractivity contribution < 1.29 is 27.8 Å². The Kier molecular flexibility index (Phi) is 6.41. The van der Waals surface area contributed by atoms with E-state index >= 15 is 0 Å². The van der Waals surface area contributed by atoms with Gasteiger partial charge in [0.2, 0.25) is 0 Å². The molecule has 0 bridgehead atoms. The number of esters is 1. The molecule has 0 aromatic heterocycles. The summed E-state index contributed by atoms with van der Waals surface area (Å²) in [7, 11) is 2.74. The van der Waals surface area contributed by atoms with Crippen molar-refractivity contribution in [2.45, 2.75) is 25.2 Å². The van der Waals surface area contributed by atoms with Crippen molar-refractivity contribution in [3.63, 3.8) is 0 Å². The number of benzene rings is 1. The maximum absolute atomic E-state index is 13.1. The van der Waals surface area contributed by atoms with Crippen molar-refractivity contribution in [3.05, 3.63) is 17.7 Å². The quantitative estimate of drug-likeness (QED) is 0.459. The number of nitrogens with zero attached hydrogens (tertiary/aromatic N) is 1. The number of likely N-dealkylation sites (tertiary alicyclic amines) is 1. The Morgan fingerprint density at radius 2 is 1.92 bits per heavy atom. The zero-order chi connectivity index (χ0) is 18.4. The van der Waals surface area contributed by atoms with Gasteiger partial charge in [-0.25, -0.2) is 13.6 Å². The highest BCUT2D eigenvalue weighted by Crippen LogP contribution is 2.33. The summed E-state index contributed by atoms with van der Waals surface area (Å²) in [4.78, 5) is 13.6. The molecule has 0 radical (unpaired) electrons. The zero-order valence-corrected chi connectivity index (χ0v) is 14.5. The molecule has 1 aliphatic heterocycles. The fourth-order valence-corrected chi connectivity index (χ4v) is 2.71. The van der Waals surface area contributed by atoms with E-state index in [9.17, 15) is 13.6 Å². The molecule has 2 rings (SSSR count). The highest BCUT2D eigenvalue weighted by molar-refractivity contribution is 5.96. The molecule has 1 saturated heterocycles. The maximum atomic E-state index is 13.1. The third-order valence-corrected chi connectivity index (χ3v) is 4.20. The normalized spacial score (nSPS) is 17.1. The van der Waals surface area contributed by atoms with Crippen LogP contribution >= 0.6 is 0 Å². The van der Waals surface area contributed by atoms with Crippen molar-refractivity contribution in [3.8, 4) is 11.5 Å². The number of ether oxygens (including phenoxy) is 3. The van der Waals surface area contributed by atoms with Crippen LogP contribution in [0.1, 0.15) is 29.6 Å². The SMILES string of the molecule is COC(=O)c1cc(OC)c(OCCCN2CCC(F)(F)CC2)cc1N. The molecular weight excluding hydrogens is 334 g/mol. The van der Waals surface area contributed by atoms with E-state index in [0.717, 1.165) is 0 Å². The summed E-state index contributed by atoms with van der Waals surface area (Å²) < 4.78 is 41.8. The first kappa shape index (κ1) is 19.2. The van der Waals surface area contributed by atoms with Crippen LogP contribution in [-0.4, -0.2) is 57.3 Å². The number of methoxy groups -OCH3 is 2. The lowest BCUT2D eigenvalue weighted by Gasteiger charge is -2.31. The van der Waals surface area contributed by atoms with Gasteiger partial charge in [-0.2, -0.15) is 0 Å². The smallest absolute Gasteiger partial charge is 0.340 e. The molecule has 1 aromatic carbocycles. The number of carbonyl (C=O) groups excluding carboxylic acids is 1. The molecule has 140 valence electrons. The van der Waals surface area contributed by atoms with Gasteiger partial charge in [0.1, 0.15) is 0 Å². The summed E-state index contributed by atoms with van der Waals surface area (Å²) in [6, 6.07) is 3.00. The Bertz CT molecular complexity index is 601. The minimum Gasteiger partial charge on any atom is -0.493 e. The maximum Gasteiger partial charge on any atom is 0.340 e. The van der Waals surface area contributed by atoms with Gasteiger partial charge in [0.25, 0.3) is 5.92 Å². The predicted octanol–water partition coefficient (Wildman–Crippen LogP) is 2.56. The monoisotopic (exact) mass is 358 g/mol. The van der Waals surface area contributed by atoms with Gasteiger partial charge in [-0.05, 0) is 6.42 Å². The van der Waals surface area contributed by atoms with Crippen molar-refractivity contribution in [2.24, 2.45) is 0 Å². The van der Waals surface area contributed by atoms with Crippen LogP contribution in [0.3, 0.4) is 0 Å². The minimum absolute atomic E-state index is 0.0901. The van der Waals surface area contributed by atoms with E-state index in [1.54, 1.807) is 0 Å². The van der Waals surface area contributed by atoms with Gasteiger partial charge in [0.15, 0.2) is 11.5 Å². The summed E-state index contributed by atoms with van der Waals surface area (Å²) in [5, 5.41) is 0. The standard InChI is InChI=1S/C17H24F2N2O4/c1-23-14-10-12(16(22)24-2)13(20)11-15(14)25-9-3-6-21-7-4-17(18,19)5-8-21/h10-11H,3-9,20H2,1-2H3. The number of rotatable bonds is 7. The number of anilines is 1. The first-order valence-electron chi connectivity index (χ1n) is 8.15. The predicted molar refractivity (Wildman–Crippen MR) is 89.5 cm³/mol. The molecule has 6 nitrogen and oxygen atoms in total. The van der Waals surface area contributed by atoms with Gasteiger partial charge in [-0.15, -0.1) is 0 Å². The summed E-state index contributed by atoms with van der Waals surface area (Å²) >= 11 is 0. The lowest BCUT2D eigenvalue weighted by Crippen LogP contribution is -2.40.